The van der Waals surface area contributed by atoms with Gasteiger partial charge in [-0.05, 0) is 12.3 Å². The Bertz CT molecular complexity index is 360. The van der Waals surface area contributed by atoms with E-state index >= 15 is 0 Å². The van der Waals surface area contributed by atoms with Crippen LogP contribution in [-0.2, 0) is 0 Å². The third-order valence-corrected chi connectivity index (χ3v) is 3.52. The van der Waals surface area contributed by atoms with Gasteiger partial charge in [0.05, 0.1) is 5.69 Å². The topological polar surface area (TPSA) is 53.4 Å². The van der Waals surface area contributed by atoms with Gasteiger partial charge in [0.2, 0.25) is 0 Å². The molecule has 0 saturated heterocycles. The molecule has 0 fully saturated rings. The maximum atomic E-state index is 11.0. The van der Waals surface area contributed by atoms with Crippen LogP contribution in [0.15, 0.2) is 0 Å². The monoisotopic (exact) mass is 228 g/mol. The van der Waals surface area contributed by atoms with Crippen LogP contribution in [0.3, 0.4) is 0 Å². The van der Waals surface area contributed by atoms with E-state index in [1.807, 2.05) is 32.8 Å². The van der Waals surface area contributed by atoms with Crippen LogP contribution < -0.4 is 4.90 Å². The third kappa shape index (κ3) is 2.47. The van der Waals surface area contributed by atoms with Gasteiger partial charge in [-0.25, -0.2) is 9.78 Å². The van der Waals surface area contributed by atoms with Crippen molar-refractivity contribution in [2.75, 3.05) is 19.0 Å². The molecule has 0 spiro atoms. The molecule has 0 bridgehead atoms. The first-order chi connectivity index (χ1) is 6.97. The molecule has 1 aromatic heterocycles. The number of nitrogens with zero attached hydrogens (tertiary/aromatic N) is 2. The van der Waals surface area contributed by atoms with Crippen molar-refractivity contribution in [3.05, 3.63) is 10.6 Å². The summed E-state index contributed by atoms with van der Waals surface area (Å²) in [5.74, 6) is -0.683. The smallest absolute Gasteiger partial charge is 0.347 e. The second-order valence-electron chi connectivity index (χ2n) is 3.72. The molecule has 1 heterocycles. The average Bonchev–Trinajstić information content (AvgIpc) is 2.61. The Balaban J connectivity index is 3.17. The van der Waals surface area contributed by atoms with E-state index in [0.717, 1.165) is 11.6 Å². The molecule has 0 radical (unpaired) electrons. The number of anilines is 1. The van der Waals surface area contributed by atoms with E-state index in [1.54, 1.807) is 0 Å². The zero-order chi connectivity index (χ0) is 11.6. The molecular formula is C10H16N2O2S. The van der Waals surface area contributed by atoms with Crippen LogP contribution in [0.4, 0.5) is 5.13 Å². The normalized spacial score (nSPS) is 12.5. The van der Waals surface area contributed by atoms with Crippen LogP contribution >= 0.6 is 11.3 Å². The molecule has 4 nitrogen and oxygen atoms in total. The highest BCUT2D eigenvalue weighted by Gasteiger charge is 2.21. The molecular weight excluding hydrogens is 212 g/mol. The van der Waals surface area contributed by atoms with Crippen molar-refractivity contribution in [2.24, 2.45) is 0 Å². The highest BCUT2D eigenvalue weighted by molar-refractivity contribution is 7.17. The molecule has 0 aliphatic heterocycles. The minimum absolute atomic E-state index is 0.195. The van der Waals surface area contributed by atoms with Gasteiger partial charge in [0, 0.05) is 14.1 Å². The number of aromatic carboxylic acids is 1. The van der Waals surface area contributed by atoms with Gasteiger partial charge in [0.15, 0.2) is 5.13 Å². The predicted octanol–water partition coefficient (Wildman–Crippen LogP) is 2.42. The molecule has 1 N–H and O–H groups in total. The summed E-state index contributed by atoms with van der Waals surface area (Å²) in [5, 5.41) is 9.81. The van der Waals surface area contributed by atoms with Crippen molar-refractivity contribution in [1.29, 1.82) is 0 Å². The third-order valence-electron chi connectivity index (χ3n) is 2.30. The van der Waals surface area contributed by atoms with E-state index in [2.05, 4.69) is 4.98 Å². The molecule has 0 amide bonds. The minimum atomic E-state index is -0.879. The lowest BCUT2D eigenvalue weighted by molar-refractivity contribution is 0.0700. The predicted molar refractivity (Wildman–Crippen MR) is 62.1 cm³/mol. The van der Waals surface area contributed by atoms with E-state index < -0.39 is 5.97 Å². The van der Waals surface area contributed by atoms with E-state index in [-0.39, 0.29) is 5.92 Å². The van der Waals surface area contributed by atoms with Crippen molar-refractivity contribution in [3.8, 4) is 0 Å². The molecule has 5 heteroatoms. The number of thiazole rings is 1. The lowest BCUT2D eigenvalue weighted by Crippen LogP contribution is -2.08. The molecule has 1 atom stereocenters. The van der Waals surface area contributed by atoms with Gasteiger partial charge in [0.25, 0.3) is 0 Å². The lowest BCUT2D eigenvalue weighted by atomic mass is 10.0. The fourth-order valence-corrected chi connectivity index (χ4v) is 2.14. The minimum Gasteiger partial charge on any atom is -0.477 e. The summed E-state index contributed by atoms with van der Waals surface area (Å²) in [6, 6.07) is 0. The van der Waals surface area contributed by atoms with Gasteiger partial charge in [-0.15, -0.1) is 0 Å². The van der Waals surface area contributed by atoms with Gasteiger partial charge in [-0.1, -0.05) is 25.2 Å². The van der Waals surface area contributed by atoms with Gasteiger partial charge < -0.3 is 10.0 Å². The Morgan fingerprint density at radius 2 is 2.20 bits per heavy atom. The number of carbonyl (C=O) groups is 1. The Morgan fingerprint density at radius 3 is 2.60 bits per heavy atom. The fraction of sp³-hybridized carbons (Fsp3) is 0.600. The molecule has 0 saturated carbocycles. The largest absolute Gasteiger partial charge is 0.477 e. The van der Waals surface area contributed by atoms with Crippen molar-refractivity contribution in [2.45, 2.75) is 26.2 Å². The van der Waals surface area contributed by atoms with Gasteiger partial charge >= 0.3 is 5.97 Å². The summed E-state index contributed by atoms with van der Waals surface area (Å²) in [6.07, 6.45) is 0.900. The fourth-order valence-electron chi connectivity index (χ4n) is 1.19. The molecule has 0 aliphatic carbocycles. The summed E-state index contributed by atoms with van der Waals surface area (Å²) >= 11 is 1.23. The number of carboxylic acids is 1. The van der Waals surface area contributed by atoms with Crippen molar-refractivity contribution >= 4 is 22.4 Å². The Morgan fingerprint density at radius 1 is 1.60 bits per heavy atom. The molecule has 1 aromatic rings. The second-order valence-corrected chi connectivity index (χ2v) is 4.70. The molecule has 15 heavy (non-hydrogen) atoms. The highest BCUT2D eigenvalue weighted by atomic mass is 32.1. The van der Waals surface area contributed by atoms with Crippen LogP contribution in [0.5, 0.6) is 0 Å². The van der Waals surface area contributed by atoms with Gasteiger partial charge in [-0.3, -0.25) is 0 Å². The quantitative estimate of drug-likeness (QED) is 0.860. The standard InChI is InChI=1S/C10H16N2O2S/c1-5-6(2)7-8(9(13)14)15-10(11-7)12(3)4/h6H,5H2,1-4H3,(H,13,14). The SMILES string of the molecule is CCC(C)c1nc(N(C)C)sc1C(=O)O. The summed E-state index contributed by atoms with van der Waals surface area (Å²) in [4.78, 5) is 17.6. The Kier molecular flexibility index (Phi) is 3.68. The number of aromatic nitrogens is 1. The van der Waals surface area contributed by atoms with E-state index in [0.29, 0.717) is 10.6 Å². The van der Waals surface area contributed by atoms with Gasteiger partial charge in [-0.2, -0.15) is 0 Å². The number of hydrogen-bond donors (Lipinski definition) is 1. The molecule has 84 valence electrons. The van der Waals surface area contributed by atoms with Crippen LogP contribution in [0.2, 0.25) is 0 Å². The molecule has 1 rings (SSSR count). The summed E-state index contributed by atoms with van der Waals surface area (Å²) < 4.78 is 0. The number of rotatable bonds is 4. The maximum absolute atomic E-state index is 11.0. The van der Waals surface area contributed by atoms with Crippen molar-refractivity contribution in [1.82, 2.24) is 4.98 Å². The summed E-state index contributed by atoms with van der Waals surface area (Å²) in [5.41, 5.74) is 0.707. The van der Waals surface area contributed by atoms with E-state index in [9.17, 15) is 4.79 Å². The van der Waals surface area contributed by atoms with Crippen molar-refractivity contribution < 1.29 is 9.90 Å². The number of carboxylic acid groups (broad SMARTS) is 1. The van der Waals surface area contributed by atoms with Crippen molar-refractivity contribution in [3.63, 3.8) is 0 Å². The summed E-state index contributed by atoms with van der Waals surface area (Å²) in [6.45, 7) is 4.03. The van der Waals surface area contributed by atoms with Gasteiger partial charge in [0.1, 0.15) is 4.88 Å². The Hall–Kier alpha value is -1.10. The Labute approximate surface area is 93.6 Å². The zero-order valence-electron chi connectivity index (χ0n) is 9.44. The molecule has 0 aromatic carbocycles. The first-order valence-corrected chi connectivity index (χ1v) is 5.70. The second kappa shape index (κ2) is 4.61. The first-order valence-electron chi connectivity index (χ1n) is 4.88. The highest BCUT2D eigenvalue weighted by Crippen LogP contribution is 2.31. The molecule has 0 aliphatic rings. The van der Waals surface area contributed by atoms with E-state index in [1.165, 1.54) is 11.3 Å². The lowest BCUT2D eigenvalue weighted by Gasteiger charge is -2.07. The van der Waals surface area contributed by atoms with Crippen LogP contribution in [0, 0.1) is 0 Å². The van der Waals surface area contributed by atoms with E-state index in [4.69, 9.17) is 5.11 Å². The first kappa shape index (κ1) is 12.0. The molecule has 1 unspecified atom stereocenters. The average molecular weight is 228 g/mol. The zero-order valence-corrected chi connectivity index (χ0v) is 10.3. The van der Waals surface area contributed by atoms with Crippen LogP contribution in [0.25, 0.3) is 0 Å². The van der Waals surface area contributed by atoms with Crippen LogP contribution in [0.1, 0.15) is 41.6 Å². The number of hydrogen-bond acceptors (Lipinski definition) is 4. The summed E-state index contributed by atoms with van der Waals surface area (Å²) in [7, 11) is 3.73. The van der Waals surface area contributed by atoms with Crippen LogP contribution in [-0.4, -0.2) is 30.2 Å². The maximum Gasteiger partial charge on any atom is 0.347 e.